The summed E-state index contributed by atoms with van der Waals surface area (Å²) < 4.78 is 82.6. The number of piperidine rings is 1. The minimum atomic E-state index is -3.55. The number of hydrogen-bond donors (Lipinski definition) is 6. The van der Waals surface area contributed by atoms with Crippen molar-refractivity contribution in [3.8, 4) is 17.2 Å². The van der Waals surface area contributed by atoms with E-state index in [0.29, 0.717) is 92.2 Å². The standard InChI is InChI=1S/C30H40ClN6O4PS.C29H39ClN7O2P.C27H34ClN6O2P/c1-21(2)43(39,40)28-8-6-5-7-26(28)33-29-24(31)20-32-30(35-29)34-25-10-9-23(19-27(25)41-4)42(38)17-11-22(12-18-42)37-15-13-36(3)14-16-37;1-35-15-17-37(18-16-35)21-11-13-36(14-12-21)22-9-10-24(26(19-22)39-2)33-29-31-20-23(30)28(34-29)32-25-7-5-6-8-27(25)40(3,4)38;1-36-24-16-20(34-14-12-33(13-15-34)18-19-8-9-19)10-11-22(24)31-27-29-17-21(28)26(32-27)30-23-6-4-5-7-25(23)37(2,3)35/h5-10,19-22H,11-18H2,1-4H3,(H2,32,33,34,35);5-10,19-21H,11-18H2,1-4H3,(H2,31,32,33,34);4-7,10-11,16-17,19H,8-9,12-15,18H2,1-3H3,(H2,29,30,31,32). The van der Waals surface area contributed by atoms with Crippen LogP contribution < -0.4 is 71.8 Å². The highest BCUT2D eigenvalue weighted by molar-refractivity contribution is 7.92. The minimum Gasteiger partial charge on any atom is -0.495 e. The number of halogens is 3. The largest absolute Gasteiger partial charge is 0.495 e. The van der Waals surface area contributed by atoms with Gasteiger partial charge < -0.3 is 79.4 Å². The molecule has 6 N–H and O–H groups in total. The van der Waals surface area contributed by atoms with Gasteiger partial charge in [-0.1, -0.05) is 71.2 Å². The van der Waals surface area contributed by atoms with Crippen LogP contribution in [0.1, 0.15) is 52.4 Å². The first-order chi connectivity index (χ1) is 57.5. The summed E-state index contributed by atoms with van der Waals surface area (Å²) in [6.07, 6.45) is 13.0. The molecule has 0 amide bonds. The molecule has 9 aromatic rings. The van der Waals surface area contributed by atoms with Gasteiger partial charge in [0.1, 0.15) is 53.7 Å². The molecule has 1 aliphatic carbocycles. The van der Waals surface area contributed by atoms with Gasteiger partial charge in [0.2, 0.25) is 17.8 Å². The first kappa shape index (κ1) is 89.4. The summed E-state index contributed by atoms with van der Waals surface area (Å²) in [4.78, 5) is 44.3. The lowest BCUT2D eigenvalue weighted by atomic mass is 10.0. The summed E-state index contributed by atoms with van der Waals surface area (Å²) in [7, 11) is -1.81. The van der Waals surface area contributed by atoms with Crippen LogP contribution >= 0.6 is 56.2 Å². The Morgan fingerprint density at radius 2 is 0.842 bits per heavy atom. The van der Waals surface area contributed by atoms with Crippen LogP contribution in [-0.2, 0) is 23.5 Å². The molecule has 34 heteroatoms. The molecule has 0 unspecified atom stereocenters. The summed E-state index contributed by atoms with van der Waals surface area (Å²) in [5, 5.41) is 21.9. The van der Waals surface area contributed by atoms with Gasteiger partial charge in [-0.25, -0.2) is 23.4 Å². The van der Waals surface area contributed by atoms with Crippen molar-refractivity contribution in [2.45, 2.75) is 74.6 Å². The van der Waals surface area contributed by atoms with Crippen LogP contribution in [0, 0.1) is 5.92 Å². The summed E-state index contributed by atoms with van der Waals surface area (Å²) in [6.45, 7) is 26.8. The maximum absolute atomic E-state index is 14.1. The molecular formula is C86H113Cl3N19O8P3S. The quantitative estimate of drug-likeness (QED) is 0.0275. The molecular weight excluding hydrogens is 1660 g/mol. The number of ether oxygens (including phenoxy) is 3. The van der Waals surface area contributed by atoms with Crippen LogP contribution in [0.15, 0.2) is 151 Å². The van der Waals surface area contributed by atoms with E-state index in [4.69, 9.17) is 49.0 Å². The molecule has 5 aliphatic heterocycles. The van der Waals surface area contributed by atoms with Crippen LogP contribution in [0.3, 0.4) is 0 Å². The Labute approximate surface area is 721 Å². The van der Waals surface area contributed by atoms with Crippen molar-refractivity contribution < 1.29 is 36.3 Å². The fourth-order valence-electron chi connectivity index (χ4n) is 15.8. The average molecular weight is 1770 g/mol. The molecule has 642 valence electrons. The molecule has 6 aromatic carbocycles. The third-order valence-corrected chi connectivity index (χ3v) is 32.4. The summed E-state index contributed by atoms with van der Waals surface area (Å²) in [5.41, 5.74) is 6.23. The first-order valence-electron chi connectivity index (χ1n) is 41.0. The van der Waals surface area contributed by atoms with Gasteiger partial charge >= 0.3 is 0 Å². The third-order valence-electron chi connectivity index (χ3n) is 23.1. The van der Waals surface area contributed by atoms with E-state index in [1.807, 2.05) is 78.9 Å². The van der Waals surface area contributed by atoms with E-state index < -0.39 is 36.5 Å². The Hall–Kier alpha value is -8.33. The van der Waals surface area contributed by atoms with Gasteiger partial charge in [-0.2, -0.15) is 15.0 Å². The van der Waals surface area contributed by atoms with E-state index in [1.54, 1.807) is 98.5 Å². The topological polar surface area (TPSA) is 285 Å². The lowest BCUT2D eigenvalue weighted by Gasteiger charge is -2.42. The number of anilines is 14. The van der Waals surface area contributed by atoms with E-state index in [0.717, 1.165) is 142 Å². The molecule has 120 heavy (non-hydrogen) atoms. The molecule has 8 heterocycles. The molecule has 0 bridgehead atoms. The Kier molecular flexibility index (Phi) is 29.7. The first-order valence-corrected chi connectivity index (χ1v) is 51.0. The molecule has 6 aliphatic rings. The molecule has 0 radical (unpaired) electrons. The lowest BCUT2D eigenvalue weighted by molar-refractivity contribution is 0.0982. The number of rotatable bonds is 26. The van der Waals surface area contributed by atoms with Crippen LogP contribution in [0.5, 0.6) is 17.2 Å². The van der Waals surface area contributed by atoms with Gasteiger partial charge in [-0.3, -0.25) is 14.7 Å². The third kappa shape index (κ3) is 22.9. The Morgan fingerprint density at radius 3 is 1.26 bits per heavy atom. The van der Waals surface area contributed by atoms with Crippen LogP contribution in [0.2, 0.25) is 15.1 Å². The molecule has 5 saturated heterocycles. The zero-order valence-corrected chi connectivity index (χ0v) is 76.2. The molecule has 15 rings (SSSR count). The monoisotopic (exact) mass is 1770 g/mol. The molecule has 1 saturated carbocycles. The van der Waals surface area contributed by atoms with Crippen molar-refractivity contribution in [2.75, 3.05) is 214 Å². The molecule has 3 aromatic heterocycles. The smallest absolute Gasteiger partial charge is 0.229 e. The van der Waals surface area contributed by atoms with Crippen molar-refractivity contribution in [3.63, 3.8) is 0 Å². The van der Waals surface area contributed by atoms with E-state index in [-0.39, 0.29) is 21.7 Å². The van der Waals surface area contributed by atoms with Crippen molar-refractivity contribution in [2.24, 2.45) is 5.92 Å². The number of benzene rings is 6. The van der Waals surface area contributed by atoms with E-state index in [1.165, 1.54) is 51.5 Å². The summed E-state index contributed by atoms with van der Waals surface area (Å²) in [6, 6.07) is 40.8. The molecule has 0 spiro atoms. The lowest BCUT2D eigenvalue weighted by Crippen LogP contribution is -2.52. The zero-order valence-electron chi connectivity index (χ0n) is 70.4. The molecule has 6 fully saturated rings. The second-order valence-electron chi connectivity index (χ2n) is 32.6. The van der Waals surface area contributed by atoms with Crippen molar-refractivity contribution in [3.05, 3.63) is 161 Å². The normalized spacial score (nSPS) is 18.8. The van der Waals surface area contributed by atoms with Gasteiger partial charge in [-0.05, 0) is 178 Å². The predicted molar refractivity (Wildman–Crippen MR) is 494 cm³/mol. The summed E-state index contributed by atoms with van der Waals surface area (Å²) in [5.74, 6) is 5.00. The maximum Gasteiger partial charge on any atom is 0.229 e. The maximum atomic E-state index is 14.1. The van der Waals surface area contributed by atoms with Gasteiger partial charge in [-0.15, -0.1) is 0 Å². The number of piperazine rings is 3. The highest BCUT2D eigenvalue weighted by Gasteiger charge is 2.37. The fraction of sp³-hybridized carbons (Fsp3) is 0.442. The van der Waals surface area contributed by atoms with Crippen molar-refractivity contribution >= 4 is 163 Å². The van der Waals surface area contributed by atoms with Crippen molar-refractivity contribution in [1.82, 2.24) is 54.4 Å². The number of methoxy groups -OCH3 is 3. The SMILES string of the molecule is COc1cc(N2CCC(N3CCN(C)CC3)CC2)ccc1Nc1ncc(Cl)c(Nc2ccccc2P(C)(C)=O)n1.COc1cc(N2CCN(CC3CC3)CC2)ccc1Nc1ncc(Cl)c(Nc2ccccc2P(C)(C)=O)n1.COc1cc(P2(=O)CCC(N3CCN(C)CC3)CC2)ccc1Nc1ncc(Cl)c(Nc2ccccc2S(=O)(=O)C(C)C)n1. The Morgan fingerprint density at radius 1 is 0.458 bits per heavy atom. The Bertz CT molecular complexity index is 5300. The zero-order chi connectivity index (χ0) is 85.0. The number of para-hydroxylation sites is 3. The summed E-state index contributed by atoms with van der Waals surface area (Å²) >= 11 is 19.2. The van der Waals surface area contributed by atoms with Gasteiger partial charge in [0.15, 0.2) is 27.3 Å². The fourth-order valence-corrected chi connectivity index (χ4v) is 22.6. The highest BCUT2D eigenvalue weighted by atomic mass is 35.5. The van der Waals surface area contributed by atoms with Crippen molar-refractivity contribution in [1.29, 1.82) is 0 Å². The number of aromatic nitrogens is 6. The van der Waals surface area contributed by atoms with E-state index in [9.17, 15) is 22.1 Å². The minimum absolute atomic E-state index is 0.166. The second kappa shape index (κ2) is 39.9. The van der Waals surface area contributed by atoms with Gasteiger partial charge in [0, 0.05) is 162 Å². The molecule has 0 atom stereocenters. The van der Waals surface area contributed by atoms with Gasteiger partial charge in [0.05, 0.1) is 84.2 Å². The van der Waals surface area contributed by atoms with Gasteiger partial charge in [0.25, 0.3) is 0 Å². The predicted octanol–water partition coefficient (Wildman–Crippen LogP) is 15.7. The average Bonchev–Trinajstić information content (AvgIpc) is 1.17. The highest BCUT2D eigenvalue weighted by Crippen LogP contribution is 2.52. The molecule has 27 nitrogen and oxygen atoms in total. The van der Waals surface area contributed by atoms with Crippen LogP contribution in [0.4, 0.5) is 80.8 Å². The number of nitrogens with zero attached hydrogens (tertiary/aromatic N) is 13. The number of nitrogens with one attached hydrogen (secondary N) is 6. The second-order valence-corrected chi connectivity index (χ2v) is 45.8. The number of likely N-dealkylation sites (N-methyl/N-ethyl adjacent to an activating group) is 2. The van der Waals surface area contributed by atoms with E-state index >= 15 is 0 Å². The van der Waals surface area contributed by atoms with Crippen LogP contribution in [0.25, 0.3) is 0 Å². The van der Waals surface area contributed by atoms with Crippen LogP contribution in [-0.4, -0.2) is 253 Å². The number of sulfone groups is 1. The van der Waals surface area contributed by atoms with E-state index in [2.05, 4.69) is 134 Å². The Balaban J connectivity index is 0.000000156. The number of hydrogen-bond acceptors (Lipinski definition) is 27.